The Kier molecular flexibility index (Phi) is 21.2. The standard InChI is InChI=1S/C44H71N2O/c1-3-5-7-9-11-13-15-17-19-21-23-25-29-35-45-37-33-40(34-38-45)43-39-44(47)41-31-27-28-32-42(41)46(43)36-30-26-24-22-20-18-16-14-12-10-8-6-4-2/h27-28,31-34,37-39H,3-26,29-30,35-36H2,1-2H3/q+1. The number of para-hydroxylation sites is 1. The molecule has 47 heavy (non-hydrogen) atoms. The van der Waals surface area contributed by atoms with Crippen molar-refractivity contribution in [3.05, 3.63) is 65.1 Å². The Balaban J connectivity index is 1.39. The van der Waals surface area contributed by atoms with Gasteiger partial charge >= 0.3 is 0 Å². The van der Waals surface area contributed by atoms with Gasteiger partial charge in [0.05, 0.1) is 11.2 Å². The molecule has 262 valence electrons. The molecule has 2 aromatic heterocycles. The fourth-order valence-corrected chi connectivity index (χ4v) is 7.18. The molecule has 0 aliphatic carbocycles. The number of fused-ring (bicyclic) bond motifs is 1. The van der Waals surface area contributed by atoms with E-state index in [-0.39, 0.29) is 5.43 Å². The van der Waals surface area contributed by atoms with Crippen LogP contribution in [0.2, 0.25) is 0 Å². The summed E-state index contributed by atoms with van der Waals surface area (Å²) in [4.78, 5) is 13.1. The molecule has 0 aliphatic heterocycles. The van der Waals surface area contributed by atoms with E-state index in [1.54, 1.807) is 0 Å². The van der Waals surface area contributed by atoms with E-state index in [2.05, 4.69) is 59.6 Å². The normalized spacial score (nSPS) is 11.5. The second-order valence-corrected chi connectivity index (χ2v) is 14.4. The van der Waals surface area contributed by atoms with E-state index in [1.807, 2.05) is 18.2 Å². The lowest BCUT2D eigenvalue weighted by molar-refractivity contribution is -0.697. The van der Waals surface area contributed by atoms with Gasteiger partial charge in [-0.25, -0.2) is 4.57 Å². The summed E-state index contributed by atoms with van der Waals surface area (Å²) in [6, 6.07) is 14.5. The average molecular weight is 644 g/mol. The van der Waals surface area contributed by atoms with Crippen molar-refractivity contribution in [2.45, 2.75) is 194 Å². The molecule has 0 N–H and O–H groups in total. The maximum atomic E-state index is 13.1. The van der Waals surface area contributed by atoms with Gasteiger partial charge in [-0.05, 0) is 25.0 Å². The third kappa shape index (κ3) is 16.0. The SMILES string of the molecule is CCCCCCCCCCCCCCCn1c(-c2cc[n+](CCCCCCCCCCCCCCC)cc2)cc(=O)c2ccccc21. The molecule has 3 heteroatoms. The van der Waals surface area contributed by atoms with Crippen LogP contribution in [0.15, 0.2) is 59.7 Å². The van der Waals surface area contributed by atoms with Gasteiger partial charge in [-0.1, -0.05) is 174 Å². The van der Waals surface area contributed by atoms with E-state index in [0.29, 0.717) is 0 Å². The number of pyridine rings is 2. The zero-order valence-electron chi connectivity index (χ0n) is 30.8. The monoisotopic (exact) mass is 644 g/mol. The van der Waals surface area contributed by atoms with Gasteiger partial charge in [-0.3, -0.25) is 4.79 Å². The van der Waals surface area contributed by atoms with Crippen LogP contribution in [0.25, 0.3) is 22.2 Å². The molecule has 0 amide bonds. The van der Waals surface area contributed by atoms with Crippen molar-refractivity contribution in [3.8, 4) is 11.3 Å². The molecule has 0 saturated carbocycles. The summed E-state index contributed by atoms with van der Waals surface area (Å²) in [7, 11) is 0. The number of hydrogen-bond donors (Lipinski definition) is 0. The zero-order chi connectivity index (χ0) is 33.2. The Labute approximate surface area is 289 Å². The molecule has 3 rings (SSSR count). The minimum absolute atomic E-state index is 0.126. The lowest BCUT2D eigenvalue weighted by atomic mass is 10.0. The van der Waals surface area contributed by atoms with Crippen molar-refractivity contribution in [1.29, 1.82) is 0 Å². The number of aromatic nitrogens is 2. The first-order valence-electron chi connectivity index (χ1n) is 20.4. The summed E-state index contributed by atoms with van der Waals surface area (Å²) >= 11 is 0. The lowest BCUT2D eigenvalue weighted by Crippen LogP contribution is -2.32. The van der Waals surface area contributed by atoms with E-state index in [1.165, 1.54) is 161 Å². The Bertz CT molecular complexity index is 1240. The summed E-state index contributed by atoms with van der Waals surface area (Å²) in [5.74, 6) is 0. The van der Waals surface area contributed by atoms with Gasteiger partial charge in [-0.2, -0.15) is 0 Å². The van der Waals surface area contributed by atoms with Crippen molar-refractivity contribution in [3.63, 3.8) is 0 Å². The minimum atomic E-state index is 0.126. The molecule has 0 saturated heterocycles. The van der Waals surface area contributed by atoms with E-state index in [9.17, 15) is 4.79 Å². The fraction of sp³-hybridized carbons (Fsp3) is 0.682. The number of hydrogen-bond acceptors (Lipinski definition) is 1. The highest BCUT2D eigenvalue weighted by atomic mass is 16.1. The van der Waals surface area contributed by atoms with Crippen LogP contribution >= 0.6 is 0 Å². The smallest absolute Gasteiger partial charge is 0.190 e. The van der Waals surface area contributed by atoms with Crippen molar-refractivity contribution >= 4 is 10.9 Å². The van der Waals surface area contributed by atoms with Gasteiger partial charge in [0.25, 0.3) is 0 Å². The van der Waals surface area contributed by atoms with Crippen LogP contribution in [0, 0.1) is 0 Å². The molecule has 0 radical (unpaired) electrons. The van der Waals surface area contributed by atoms with Crippen LogP contribution in [0.1, 0.15) is 181 Å². The van der Waals surface area contributed by atoms with Gasteiger partial charge in [-0.15, -0.1) is 0 Å². The second kappa shape index (κ2) is 25.6. The topological polar surface area (TPSA) is 25.9 Å². The Morgan fingerprint density at radius 2 is 0.936 bits per heavy atom. The molecule has 0 aliphatic rings. The highest BCUT2D eigenvalue weighted by Crippen LogP contribution is 2.23. The van der Waals surface area contributed by atoms with Crippen LogP contribution < -0.4 is 10.00 Å². The predicted octanol–water partition coefficient (Wildman–Crippen LogP) is 13.1. The zero-order valence-corrected chi connectivity index (χ0v) is 30.8. The number of nitrogens with zero attached hydrogens (tertiary/aromatic N) is 2. The third-order valence-electron chi connectivity index (χ3n) is 10.2. The van der Waals surface area contributed by atoms with Gasteiger partial charge in [0.15, 0.2) is 17.8 Å². The summed E-state index contributed by atoms with van der Waals surface area (Å²) < 4.78 is 4.72. The van der Waals surface area contributed by atoms with Crippen molar-refractivity contribution in [1.82, 2.24) is 4.57 Å². The molecular weight excluding hydrogens is 572 g/mol. The van der Waals surface area contributed by atoms with Gasteiger partial charge in [0.2, 0.25) is 0 Å². The lowest BCUT2D eigenvalue weighted by Gasteiger charge is -2.17. The highest BCUT2D eigenvalue weighted by molar-refractivity contribution is 5.82. The molecule has 1 aromatic carbocycles. The average Bonchev–Trinajstić information content (AvgIpc) is 3.10. The maximum Gasteiger partial charge on any atom is 0.190 e. The van der Waals surface area contributed by atoms with Gasteiger partial charge in [0, 0.05) is 42.1 Å². The number of rotatable bonds is 29. The van der Waals surface area contributed by atoms with E-state index in [4.69, 9.17) is 0 Å². The summed E-state index contributed by atoms with van der Waals surface area (Å²) in [5, 5.41) is 0.833. The van der Waals surface area contributed by atoms with Crippen molar-refractivity contribution in [2.75, 3.05) is 0 Å². The van der Waals surface area contributed by atoms with E-state index >= 15 is 0 Å². The molecule has 0 unspecified atom stereocenters. The Hall–Kier alpha value is -2.42. The minimum Gasteiger partial charge on any atom is -0.340 e. The van der Waals surface area contributed by atoms with Gasteiger partial charge in [0.1, 0.15) is 6.54 Å². The molecule has 0 bridgehead atoms. The summed E-state index contributed by atoms with van der Waals surface area (Å²) in [6.07, 6.45) is 40.2. The molecule has 3 aromatic rings. The van der Waals surface area contributed by atoms with Crippen LogP contribution in [-0.4, -0.2) is 4.57 Å². The second-order valence-electron chi connectivity index (χ2n) is 14.4. The van der Waals surface area contributed by atoms with E-state index < -0.39 is 0 Å². The maximum absolute atomic E-state index is 13.1. The van der Waals surface area contributed by atoms with Gasteiger partial charge < -0.3 is 4.57 Å². The van der Waals surface area contributed by atoms with Crippen LogP contribution in [0.3, 0.4) is 0 Å². The first kappa shape index (κ1) is 39.0. The molecule has 0 spiro atoms. The summed E-state index contributed by atoms with van der Waals surface area (Å²) in [6.45, 7) is 6.62. The third-order valence-corrected chi connectivity index (χ3v) is 10.2. The quantitative estimate of drug-likeness (QED) is 0.0546. The molecular formula is C44H71N2O+. The number of aryl methyl sites for hydroxylation is 2. The van der Waals surface area contributed by atoms with Crippen LogP contribution in [-0.2, 0) is 13.1 Å². The fourth-order valence-electron chi connectivity index (χ4n) is 7.18. The van der Waals surface area contributed by atoms with Crippen molar-refractivity contribution in [2.24, 2.45) is 0 Å². The highest BCUT2D eigenvalue weighted by Gasteiger charge is 2.12. The number of unbranched alkanes of at least 4 members (excludes halogenated alkanes) is 24. The molecule has 2 heterocycles. The largest absolute Gasteiger partial charge is 0.340 e. The predicted molar refractivity (Wildman–Crippen MR) is 205 cm³/mol. The molecule has 3 nitrogen and oxygen atoms in total. The molecule has 0 atom stereocenters. The van der Waals surface area contributed by atoms with E-state index in [0.717, 1.165) is 41.7 Å². The van der Waals surface area contributed by atoms with Crippen LogP contribution in [0.5, 0.6) is 0 Å². The number of benzene rings is 1. The van der Waals surface area contributed by atoms with Crippen molar-refractivity contribution < 1.29 is 4.57 Å². The first-order valence-corrected chi connectivity index (χ1v) is 20.4. The van der Waals surface area contributed by atoms with Crippen LogP contribution in [0.4, 0.5) is 0 Å². The summed E-state index contributed by atoms with van der Waals surface area (Å²) in [5.41, 5.74) is 3.39. The molecule has 0 fully saturated rings. The Morgan fingerprint density at radius 3 is 1.43 bits per heavy atom. The first-order chi connectivity index (χ1) is 23.2. The Morgan fingerprint density at radius 1 is 0.511 bits per heavy atom.